The molecule has 0 saturated heterocycles. The first kappa shape index (κ1) is 15.4. The molecule has 0 saturated carbocycles. The van der Waals surface area contributed by atoms with E-state index in [1.807, 2.05) is 32.0 Å². The minimum atomic E-state index is -0.264. The van der Waals surface area contributed by atoms with E-state index in [4.69, 9.17) is 10.00 Å². The van der Waals surface area contributed by atoms with Crippen LogP contribution in [-0.2, 0) is 4.74 Å². The molecular formula is C16H21NO2. The van der Waals surface area contributed by atoms with E-state index >= 15 is 0 Å². The number of benzene rings is 1. The number of Topliss-reactive ketones (excluding diaryl/α,β-unsaturated/α-hetero) is 1. The van der Waals surface area contributed by atoms with Crippen molar-refractivity contribution in [1.29, 1.82) is 5.26 Å². The third-order valence-corrected chi connectivity index (χ3v) is 2.97. The summed E-state index contributed by atoms with van der Waals surface area (Å²) < 4.78 is 5.37. The molecular weight excluding hydrogens is 238 g/mol. The molecule has 0 unspecified atom stereocenters. The Balaban J connectivity index is 2.12. The van der Waals surface area contributed by atoms with E-state index in [9.17, 15) is 4.79 Å². The number of rotatable bonds is 8. The molecule has 0 bridgehead atoms. The minimum absolute atomic E-state index is 0.0120. The number of ether oxygens (including phenoxy) is 1. The first-order valence-corrected chi connectivity index (χ1v) is 6.62. The molecule has 0 aromatic heterocycles. The summed E-state index contributed by atoms with van der Waals surface area (Å²) in [5, 5.41) is 8.87. The van der Waals surface area contributed by atoms with Gasteiger partial charge < -0.3 is 4.74 Å². The maximum absolute atomic E-state index is 11.7. The third kappa shape index (κ3) is 6.17. The van der Waals surface area contributed by atoms with Gasteiger partial charge in [-0.1, -0.05) is 30.3 Å². The average Bonchev–Trinajstić information content (AvgIpc) is 2.43. The summed E-state index contributed by atoms with van der Waals surface area (Å²) in [4.78, 5) is 11.7. The Morgan fingerprint density at radius 3 is 2.58 bits per heavy atom. The quantitative estimate of drug-likeness (QED) is 0.529. The van der Waals surface area contributed by atoms with Crippen LogP contribution in [0.4, 0.5) is 0 Å². The summed E-state index contributed by atoms with van der Waals surface area (Å²) >= 11 is 0. The van der Waals surface area contributed by atoms with E-state index in [-0.39, 0.29) is 17.8 Å². The van der Waals surface area contributed by atoms with Crippen molar-refractivity contribution in [3.63, 3.8) is 0 Å². The molecule has 0 fully saturated rings. The van der Waals surface area contributed by atoms with Crippen LogP contribution in [0, 0.1) is 16.7 Å². The van der Waals surface area contributed by atoms with E-state index in [2.05, 4.69) is 6.07 Å². The van der Waals surface area contributed by atoms with Crippen LogP contribution in [0.5, 0.6) is 0 Å². The van der Waals surface area contributed by atoms with Gasteiger partial charge in [0, 0.05) is 12.2 Å². The predicted octanol–water partition coefficient (Wildman–Crippen LogP) is 3.61. The zero-order chi connectivity index (χ0) is 14.1. The zero-order valence-corrected chi connectivity index (χ0v) is 11.7. The molecule has 1 aromatic rings. The third-order valence-electron chi connectivity index (χ3n) is 2.97. The average molecular weight is 259 g/mol. The number of carbonyl (C=O) groups excluding carboxylic acids is 1. The summed E-state index contributed by atoms with van der Waals surface area (Å²) in [6.07, 6.45) is 2.69. The van der Waals surface area contributed by atoms with Crippen LogP contribution in [0.3, 0.4) is 0 Å². The SMILES string of the molecule is CC(C)(C#N)CCCCOCC(=O)c1ccccc1. The molecule has 3 nitrogen and oxygen atoms in total. The van der Waals surface area contributed by atoms with Crippen molar-refractivity contribution in [3.05, 3.63) is 35.9 Å². The standard InChI is InChI=1S/C16H21NO2/c1-16(2,13-17)10-6-7-11-19-12-15(18)14-8-4-3-5-9-14/h3-5,8-9H,6-7,10-12H2,1-2H3. The van der Waals surface area contributed by atoms with E-state index in [1.54, 1.807) is 12.1 Å². The molecule has 1 aromatic carbocycles. The minimum Gasteiger partial charge on any atom is -0.373 e. The van der Waals surface area contributed by atoms with Crippen LogP contribution < -0.4 is 0 Å². The fraction of sp³-hybridized carbons (Fsp3) is 0.500. The van der Waals surface area contributed by atoms with Crippen molar-refractivity contribution >= 4 is 5.78 Å². The lowest BCUT2D eigenvalue weighted by Gasteiger charge is -2.14. The molecule has 0 amide bonds. The van der Waals surface area contributed by atoms with Gasteiger partial charge in [0.2, 0.25) is 0 Å². The van der Waals surface area contributed by atoms with Gasteiger partial charge in [-0.2, -0.15) is 5.26 Å². The van der Waals surface area contributed by atoms with Crippen molar-refractivity contribution in [3.8, 4) is 6.07 Å². The summed E-state index contributed by atoms with van der Waals surface area (Å²) in [7, 11) is 0. The molecule has 3 heteroatoms. The molecule has 0 N–H and O–H groups in total. The summed E-state index contributed by atoms with van der Waals surface area (Å²) in [5.41, 5.74) is 0.424. The lowest BCUT2D eigenvalue weighted by molar-refractivity contribution is 0.0750. The molecule has 1 rings (SSSR count). The van der Waals surface area contributed by atoms with E-state index in [0.717, 1.165) is 19.3 Å². The Morgan fingerprint density at radius 1 is 1.26 bits per heavy atom. The molecule has 0 aliphatic rings. The van der Waals surface area contributed by atoms with Gasteiger partial charge in [0.1, 0.15) is 6.61 Å². The summed E-state index contributed by atoms with van der Waals surface area (Å²) in [5.74, 6) is 0.0120. The topological polar surface area (TPSA) is 50.1 Å². The molecule has 0 atom stereocenters. The molecule has 0 aliphatic carbocycles. The highest BCUT2D eigenvalue weighted by atomic mass is 16.5. The summed E-state index contributed by atoms with van der Waals surface area (Å²) in [6, 6.07) is 11.4. The maximum atomic E-state index is 11.7. The number of hydrogen-bond donors (Lipinski definition) is 0. The largest absolute Gasteiger partial charge is 0.373 e. The van der Waals surface area contributed by atoms with Gasteiger partial charge in [-0.15, -0.1) is 0 Å². The molecule has 102 valence electrons. The fourth-order valence-electron chi connectivity index (χ4n) is 1.70. The second-order valence-electron chi connectivity index (χ2n) is 5.29. The second kappa shape index (κ2) is 7.70. The van der Waals surface area contributed by atoms with Crippen LogP contribution >= 0.6 is 0 Å². The van der Waals surface area contributed by atoms with Gasteiger partial charge in [0.25, 0.3) is 0 Å². The first-order valence-electron chi connectivity index (χ1n) is 6.62. The molecule has 0 aliphatic heterocycles. The number of carbonyl (C=O) groups is 1. The highest BCUT2D eigenvalue weighted by Crippen LogP contribution is 2.21. The number of nitriles is 1. The molecule has 0 spiro atoms. The zero-order valence-electron chi connectivity index (χ0n) is 11.7. The Morgan fingerprint density at radius 2 is 1.95 bits per heavy atom. The van der Waals surface area contributed by atoms with E-state index in [0.29, 0.717) is 12.2 Å². The Bertz CT molecular complexity index is 432. The van der Waals surface area contributed by atoms with Crippen molar-refractivity contribution in [2.45, 2.75) is 33.1 Å². The van der Waals surface area contributed by atoms with E-state index in [1.165, 1.54) is 0 Å². The van der Waals surface area contributed by atoms with Crippen molar-refractivity contribution in [2.75, 3.05) is 13.2 Å². The van der Waals surface area contributed by atoms with Crippen molar-refractivity contribution in [2.24, 2.45) is 5.41 Å². The lowest BCUT2D eigenvalue weighted by Crippen LogP contribution is -2.11. The van der Waals surface area contributed by atoms with Gasteiger partial charge in [-0.25, -0.2) is 0 Å². The smallest absolute Gasteiger partial charge is 0.188 e. The Kier molecular flexibility index (Phi) is 6.24. The number of nitrogens with zero attached hydrogens (tertiary/aromatic N) is 1. The second-order valence-corrected chi connectivity index (χ2v) is 5.29. The Hall–Kier alpha value is -1.66. The van der Waals surface area contributed by atoms with Crippen LogP contribution in [0.1, 0.15) is 43.5 Å². The maximum Gasteiger partial charge on any atom is 0.188 e. The highest BCUT2D eigenvalue weighted by molar-refractivity contribution is 5.96. The normalized spacial score (nSPS) is 11.0. The van der Waals surface area contributed by atoms with Gasteiger partial charge in [0.15, 0.2) is 5.78 Å². The molecule has 0 heterocycles. The monoisotopic (exact) mass is 259 g/mol. The number of unbranched alkanes of at least 4 members (excludes halogenated alkanes) is 1. The molecule has 0 radical (unpaired) electrons. The highest BCUT2D eigenvalue weighted by Gasteiger charge is 2.15. The predicted molar refractivity (Wildman–Crippen MR) is 74.8 cm³/mol. The summed E-state index contributed by atoms with van der Waals surface area (Å²) in [6.45, 7) is 4.57. The number of hydrogen-bond acceptors (Lipinski definition) is 3. The molecule has 19 heavy (non-hydrogen) atoms. The van der Waals surface area contributed by atoms with Crippen LogP contribution in [0.25, 0.3) is 0 Å². The van der Waals surface area contributed by atoms with Crippen molar-refractivity contribution < 1.29 is 9.53 Å². The van der Waals surface area contributed by atoms with Crippen LogP contribution in [-0.4, -0.2) is 19.0 Å². The lowest BCUT2D eigenvalue weighted by atomic mass is 9.89. The van der Waals surface area contributed by atoms with Gasteiger partial charge in [0.05, 0.1) is 11.5 Å². The number of ketones is 1. The van der Waals surface area contributed by atoms with E-state index < -0.39 is 0 Å². The van der Waals surface area contributed by atoms with Crippen LogP contribution in [0.2, 0.25) is 0 Å². The van der Waals surface area contributed by atoms with Crippen molar-refractivity contribution in [1.82, 2.24) is 0 Å². The van der Waals surface area contributed by atoms with Gasteiger partial charge in [-0.05, 0) is 33.1 Å². The fourth-order valence-corrected chi connectivity index (χ4v) is 1.70. The van der Waals surface area contributed by atoms with Gasteiger partial charge in [-0.3, -0.25) is 4.79 Å². The Labute approximate surface area is 115 Å². The van der Waals surface area contributed by atoms with Gasteiger partial charge >= 0.3 is 0 Å². The van der Waals surface area contributed by atoms with Crippen LogP contribution in [0.15, 0.2) is 30.3 Å². The first-order chi connectivity index (χ1) is 9.05.